The van der Waals surface area contributed by atoms with Crippen molar-refractivity contribution in [3.63, 3.8) is 0 Å². The second kappa shape index (κ2) is 13.3. The minimum Gasteiger partial charge on any atom is -0.454 e. The summed E-state index contributed by atoms with van der Waals surface area (Å²) in [6.45, 7) is 0. The standard InChI is InChI=1S/C59H33N5O/c60-34-37-33-49(55-54(42-25-11-16-30-50(42)65-55)51(37)58-62-56(35-17-3-1-4-18-35)61-57(63-58)36-19-5-2-6-20-36)64-47-29-15-10-24-41(47)53-48(64)32-31-46-52(53)40-23-9-14-28-45(40)59(46)43-26-12-7-21-38(43)39-22-8-13-27-44(39)59/h1-33H. The highest BCUT2D eigenvalue weighted by atomic mass is 16.3. The highest BCUT2D eigenvalue weighted by Gasteiger charge is 2.52. The van der Waals surface area contributed by atoms with Gasteiger partial charge in [-0.25, -0.2) is 15.0 Å². The van der Waals surface area contributed by atoms with Gasteiger partial charge in [0.15, 0.2) is 23.1 Å². The Morgan fingerprint density at radius 3 is 1.65 bits per heavy atom. The Balaban J connectivity index is 1.09. The third-order valence-electron chi connectivity index (χ3n) is 13.7. The topological polar surface area (TPSA) is 80.5 Å². The maximum Gasteiger partial charge on any atom is 0.166 e. The van der Waals surface area contributed by atoms with Crippen molar-refractivity contribution < 1.29 is 4.42 Å². The molecule has 3 heterocycles. The second-order valence-corrected chi connectivity index (χ2v) is 16.9. The van der Waals surface area contributed by atoms with Gasteiger partial charge in [0.1, 0.15) is 5.58 Å². The lowest BCUT2D eigenvalue weighted by molar-refractivity contribution is 0.666. The zero-order valence-corrected chi connectivity index (χ0v) is 34.7. The SMILES string of the molecule is N#Cc1cc(-n2c3ccccc3c3c4c(ccc32)C2(c3ccccc3-c3ccccc32)c2ccccc2-4)c2oc3ccccc3c2c1-c1nc(-c2ccccc2)nc(-c2ccccc2)n1. The number of furan rings is 1. The van der Waals surface area contributed by atoms with E-state index in [1.807, 2.05) is 84.9 Å². The van der Waals surface area contributed by atoms with Crippen LogP contribution in [0.1, 0.15) is 27.8 Å². The molecule has 0 saturated carbocycles. The van der Waals surface area contributed by atoms with Crippen LogP contribution in [0.25, 0.3) is 106 Å². The van der Waals surface area contributed by atoms with E-state index in [9.17, 15) is 5.26 Å². The van der Waals surface area contributed by atoms with Gasteiger partial charge in [-0.1, -0.05) is 176 Å². The molecule has 65 heavy (non-hydrogen) atoms. The Morgan fingerprint density at radius 2 is 0.985 bits per heavy atom. The molecule has 0 atom stereocenters. The first-order valence-electron chi connectivity index (χ1n) is 21.8. The first kappa shape index (κ1) is 35.7. The van der Waals surface area contributed by atoms with Gasteiger partial charge in [0, 0.05) is 38.2 Å². The van der Waals surface area contributed by atoms with E-state index >= 15 is 0 Å². The molecule has 0 saturated heterocycles. The maximum atomic E-state index is 11.3. The number of rotatable bonds is 4. The first-order chi connectivity index (χ1) is 32.2. The van der Waals surface area contributed by atoms with Crippen LogP contribution in [0.3, 0.4) is 0 Å². The van der Waals surface area contributed by atoms with Crippen molar-refractivity contribution in [2.75, 3.05) is 0 Å². The van der Waals surface area contributed by atoms with E-state index in [0.29, 0.717) is 39.8 Å². The molecule has 0 unspecified atom stereocenters. The summed E-state index contributed by atoms with van der Waals surface area (Å²) >= 11 is 0. The summed E-state index contributed by atoms with van der Waals surface area (Å²) in [6, 6.07) is 72.5. The van der Waals surface area contributed by atoms with Crippen LogP contribution in [0.5, 0.6) is 0 Å². The third kappa shape index (κ3) is 4.73. The molecule has 3 aromatic heterocycles. The molecule has 0 fully saturated rings. The van der Waals surface area contributed by atoms with Crippen molar-refractivity contribution in [3.8, 4) is 68.2 Å². The molecule has 12 aromatic rings. The van der Waals surface area contributed by atoms with E-state index in [1.54, 1.807) is 0 Å². The maximum absolute atomic E-state index is 11.3. The lowest BCUT2D eigenvalue weighted by Crippen LogP contribution is -2.25. The number of para-hydroxylation sites is 2. The molecular weight excluding hydrogens is 795 g/mol. The predicted octanol–water partition coefficient (Wildman–Crippen LogP) is 14.1. The molecule has 14 rings (SSSR count). The summed E-state index contributed by atoms with van der Waals surface area (Å²) < 4.78 is 9.29. The Morgan fingerprint density at radius 1 is 0.446 bits per heavy atom. The number of nitriles is 1. The second-order valence-electron chi connectivity index (χ2n) is 16.9. The smallest absolute Gasteiger partial charge is 0.166 e. The van der Waals surface area contributed by atoms with E-state index < -0.39 is 5.41 Å². The Hall–Kier alpha value is -8.92. The molecule has 0 bridgehead atoms. The van der Waals surface area contributed by atoms with Gasteiger partial charge in [0.05, 0.1) is 33.8 Å². The highest BCUT2D eigenvalue weighted by Crippen LogP contribution is 2.64. The average Bonchev–Trinajstić information content (AvgIpc) is 4.10. The molecule has 2 aliphatic rings. The molecule has 1 spiro atoms. The number of aromatic nitrogens is 4. The Bertz CT molecular complexity index is 3920. The fourth-order valence-electron chi connectivity index (χ4n) is 11.2. The van der Waals surface area contributed by atoms with Gasteiger partial charge in [-0.05, 0) is 68.8 Å². The van der Waals surface area contributed by atoms with E-state index in [2.05, 4.69) is 126 Å². The number of hydrogen-bond donors (Lipinski definition) is 0. The monoisotopic (exact) mass is 827 g/mol. The molecule has 2 aliphatic carbocycles. The minimum absolute atomic E-state index is 0.399. The molecule has 6 nitrogen and oxygen atoms in total. The summed E-state index contributed by atoms with van der Waals surface area (Å²) in [5.41, 5.74) is 16.5. The molecule has 0 aliphatic heterocycles. The molecule has 0 amide bonds. The van der Waals surface area contributed by atoms with Crippen LogP contribution in [0.4, 0.5) is 0 Å². The normalized spacial score (nSPS) is 13.0. The molecular formula is C59H33N5O. The molecule has 0 radical (unpaired) electrons. The fraction of sp³-hybridized carbons (Fsp3) is 0.0169. The number of nitrogens with zero attached hydrogens (tertiary/aromatic N) is 5. The third-order valence-corrected chi connectivity index (χ3v) is 13.7. The van der Waals surface area contributed by atoms with Crippen LogP contribution in [-0.2, 0) is 5.41 Å². The molecule has 0 N–H and O–H groups in total. The van der Waals surface area contributed by atoms with E-state index in [4.69, 9.17) is 19.4 Å². The largest absolute Gasteiger partial charge is 0.454 e. The van der Waals surface area contributed by atoms with Crippen molar-refractivity contribution in [2.24, 2.45) is 0 Å². The van der Waals surface area contributed by atoms with Crippen molar-refractivity contribution in [1.82, 2.24) is 19.5 Å². The van der Waals surface area contributed by atoms with E-state index in [0.717, 1.165) is 49.4 Å². The van der Waals surface area contributed by atoms with Crippen LogP contribution >= 0.6 is 0 Å². The van der Waals surface area contributed by atoms with Crippen LogP contribution in [-0.4, -0.2) is 19.5 Å². The van der Waals surface area contributed by atoms with Crippen LogP contribution in [0.15, 0.2) is 205 Å². The molecule has 9 aromatic carbocycles. The zero-order chi connectivity index (χ0) is 42.8. The van der Waals surface area contributed by atoms with Gasteiger partial charge >= 0.3 is 0 Å². The van der Waals surface area contributed by atoms with Crippen molar-refractivity contribution >= 4 is 43.7 Å². The molecule has 300 valence electrons. The van der Waals surface area contributed by atoms with Gasteiger partial charge in [-0.15, -0.1) is 0 Å². The van der Waals surface area contributed by atoms with E-state index in [-0.39, 0.29) is 0 Å². The summed E-state index contributed by atoms with van der Waals surface area (Å²) in [4.78, 5) is 15.3. The quantitative estimate of drug-likeness (QED) is 0.176. The van der Waals surface area contributed by atoms with Crippen LogP contribution in [0.2, 0.25) is 0 Å². The van der Waals surface area contributed by atoms with Crippen LogP contribution in [0, 0.1) is 11.3 Å². The van der Waals surface area contributed by atoms with Gasteiger partial charge in [0.2, 0.25) is 0 Å². The van der Waals surface area contributed by atoms with Gasteiger partial charge in [-0.3, -0.25) is 0 Å². The number of hydrogen-bond acceptors (Lipinski definition) is 5. The minimum atomic E-state index is -0.486. The average molecular weight is 828 g/mol. The predicted molar refractivity (Wildman–Crippen MR) is 259 cm³/mol. The van der Waals surface area contributed by atoms with Crippen molar-refractivity contribution in [3.05, 3.63) is 228 Å². The molecule has 6 heteroatoms. The first-order valence-corrected chi connectivity index (χ1v) is 21.8. The van der Waals surface area contributed by atoms with Crippen molar-refractivity contribution in [2.45, 2.75) is 5.41 Å². The Kier molecular flexibility index (Phi) is 7.29. The van der Waals surface area contributed by atoms with Crippen molar-refractivity contribution in [1.29, 1.82) is 5.26 Å². The number of fused-ring (bicyclic) bond motifs is 17. The lowest BCUT2D eigenvalue weighted by atomic mass is 9.70. The summed E-state index contributed by atoms with van der Waals surface area (Å²) in [5.74, 6) is 1.44. The summed E-state index contributed by atoms with van der Waals surface area (Å²) in [7, 11) is 0. The summed E-state index contributed by atoms with van der Waals surface area (Å²) in [6.07, 6.45) is 0. The summed E-state index contributed by atoms with van der Waals surface area (Å²) in [5, 5.41) is 15.2. The lowest BCUT2D eigenvalue weighted by Gasteiger charge is -2.30. The number of benzene rings is 9. The Labute approximate surface area is 373 Å². The van der Waals surface area contributed by atoms with Gasteiger partial charge < -0.3 is 8.98 Å². The fourth-order valence-corrected chi connectivity index (χ4v) is 11.2. The van der Waals surface area contributed by atoms with E-state index in [1.165, 1.54) is 44.5 Å². The zero-order valence-electron chi connectivity index (χ0n) is 34.7. The van der Waals surface area contributed by atoms with Crippen LogP contribution < -0.4 is 0 Å². The van der Waals surface area contributed by atoms with Gasteiger partial charge in [-0.2, -0.15) is 5.26 Å². The highest BCUT2D eigenvalue weighted by molar-refractivity contribution is 6.21. The van der Waals surface area contributed by atoms with Gasteiger partial charge in [0.25, 0.3) is 0 Å².